The number of carboxylic acid groups (broad SMARTS) is 1. The highest BCUT2D eigenvalue weighted by Gasteiger charge is 2.21. The van der Waals surface area contributed by atoms with Gasteiger partial charge in [-0.2, -0.15) is 4.98 Å². The van der Waals surface area contributed by atoms with E-state index >= 15 is 0 Å². The van der Waals surface area contributed by atoms with E-state index in [1.165, 1.54) is 0 Å². The fraction of sp³-hybridized carbons (Fsp3) is 0.167. The van der Waals surface area contributed by atoms with Crippen LogP contribution in [0.5, 0.6) is 0 Å². The second-order valence-electron chi connectivity index (χ2n) is 3.85. The predicted octanol–water partition coefficient (Wildman–Crippen LogP) is 2.24. The van der Waals surface area contributed by atoms with Gasteiger partial charge in [0.2, 0.25) is 5.76 Å². The monoisotopic (exact) mass is 232 g/mol. The first-order valence-electron chi connectivity index (χ1n) is 5.06. The number of aryl methyl sites for hydroxylation is 2. The van der Waals surface area contributed by atoms with E-state index in [4.69, 9.17) is 15.3 Å². The van der Waals surface area contributed by atoms with E-state index in [2.05, 4.69) is 4.98 Å². The Balaban J connectivity index is 2.67. The Hall–Kier alpha value is -2.30. The van der Waals surface area contributed by atoms with Crippen molar-refractivity contribution in [3.05, 3.63) is 35.1 Å². The van der Waals surface area contributed by atoms with Gasteiger partial charge < -0.3 is 15.3 Å². The van der Waals surface area contributed by atoms with Gasteiger partial charge in [0.1, 0.15) is 5.69 Å². The molecule has 2 aromatic rings. The second-order valence-corrected chi connectivity index (χ2v) is 3.85. The summed E-state index contributed by atoms with van der Waals surface area (Å²) in [7, 11) is 0. The van der Waals surface area contributed by atoms with Gasteiger partial charge in [-0.05, 0) is 25.5 Å². The Morgan fingerprint density at radius 3 is 2.76 bits per heavy atom. The van der Waals surface area contributed by atoms with Crippen LogP contribution in [0.25, 0.3) is 11.3 Å². The minimum absolute atomic E-state index is 0.140. The van der Waals surface area contributed by atoms with Crippen molar-refractivity contribution < 1.29 is 14.3 Å². The van der Waals surface area contributed by atoms with Crippen LogP contribution in [0.4, 0.5) is 6.01 Å². The van der Waals surface area contributed by atoms with Gasteiger partial charge in [-0.15, -0.1) is 0 Å². The van der Waals surface area contributed by atoms with Crippen molar-refractivity contribution in [2.45, 2.75) is 13.8 Å². The highest BCUT2D eigenvalue weighted by molar-refractivity contribution is 5.92. The summed E-state index contributed by atoms with van der Waals surface area (Å²) >= 11 is 0. The first kappa shape index (κ1) is 11.2. The van der Waals surface area contributed by atoms with Crippen LogP contribution in [0, 0.1) is 13.8 Å². The van der Waals surface area contributed by atoms with E-state index in [0.717, 1.165) is 16.7 Å². The summed E-state index contributed by atoms with van der Waals surface area (Å²) in [5.41, 5.74) is 8.34. The second kappa shape index (κ2) is 3.93. The lowest BCUT2D eigenvalue weighted by atomic mass is 10.0. The molecule has 0 saturated heterocycles. The number of aromatic carboxylic acids is 1. The quantitative estimate of drug-likeness (QED) is 0.828. The molecule has 1 aromatic carbocycles. The normalized spacial score (nSPS) is 10.5. The first-order valence-corrected chi connectivity index (χ1v) is 5.06. The molecule has 0 aliphatic heterocycles. The lowest BCUT2D eigenvalue weighted by Crippen LogP contribution is -1.98. The summed E-state index contributed by atoms with van der Waals surface area (Å²) in [6.07, 6.45) is 0. The van der Waals surface area contributed by atoms with Gasteiger partial charge in [0.15, 0.2) is 0 Å². The van der Waals surface area contributed by atoms with Crippen molar-refractivity contribution in [1.29, 1.82) is 0 Å². The van der Waals surface area contributed by atoms with E-state index in [9.17, 15) is 4.79 Å². The van der Waals surface area contributed by atoms with E-state index in [1.807, 2.05) is 32.0 Å². The SMILES string of the molecule is Cc1ccc(C)c(-c2nc(N)oc2C(=O)O)c1. The number of hydrogen-bond acceptors (Lipinski definition) is 4. The molecule has 3 N–H and O–H groups in total. The van der Waals surface area contributed by atoms with Crippen molar-refractivity contribution >= 4 is 12.0 Å². The number of oxazole rings is 1. The fourth-order valence-corrected chi connectivity index (χ4v) is 1.66. The van der Waals surface area contributed by atoms with Crippen LogP contribution in [0.1, 0.15) is 21.7 Å². The lowest BCUT2D eigenvalue weighted by molar-refractivity contribution is 0.0665. The average Bonchev–Trinajstić information content (AvgIpc) is 2.64. The van der Waals surface area contributed by atoms with Crippen LogP contribution in [0.15, 0.2) is 22.6 Å². The molecule has 1 heterocycles. The number of carboxylic acids is 1. The number of aromatic nitrogens is 1. The van der Waals surface area contributed by atoms with Gasteiger partial charge in [0, 0.05) is 5.56 Å². The van der Waals surface area contributed by atoms with Crippen LogP contribution in [-0.4, -0.2) is 16.1 Å². The fourth-order valence-electron chi connectivity index (χ4n) is 1.66. The highest BCUT2D eigenvalue weighted by atomic mass is 16.4. The smallest absolute Gasteiger partial charge is 0.374 e. The molecule has 0 radical (unpaired) electrons. The molecule has 0 aliphatic rings. The van der Waals surface area contributed by atoms with E-state index in [-0.39, 0.29) is 17.5 Å². The summed E-state index contributed by atoms with van der Waals surface area (Å²) < 4.78 is 4.89. The summed E-state index contributed by atoms with van der Waals surface area (Å²) in [5, 5.41) is 9.01. The topological polar surface area (TPSA) is 89.4 Å². The molecule has 2 rings (SSSR count). The molecule has 5 heteroatoms. The largest absolute Gasteiger partial charge is 0.475 e. The number of nitrogens with two attached hydrogens (primary N) is 1. The number of benzene rings is 1. The van der Waals surface area contributed by atoms with Crippen molar-refractivity contribution in [3.63, 3.8) is 0 Å². The molecule has 0 unspecified atom stereocenters. The molecular weight excluding hydrogens is 220 g/mol. The number of rotatable bonds is 2. The molecule has 0 amide bonds. The molecule has 1 aromatic heterocycles. The highest BCUT2D eigenvalue weighted by Crippen LogP contribution is 2.28. The third-order valence-corrected chi connectivity index (χ3v) is 2.49. The summed E-state index contributed by atoms with van der Waals surface area (Å²) in [6.45, 7) is 3.80. The Kier molecular flexibility index (Phi) is 2.59. The lowest BCUT2D eigenvalue weighted by Gasteiger charge is -2.04. The number of nitrogens with zero attached hydrogens (tertiary/aromatic N) is 1. The molecule has 0 bridgehead atoms. The Morgan fingerprint density at radius 1 is 1.41 bits per heavy atom. The molecule has 0 saturated carbocycles. The minimum atomic E-state index is -1.18. The van der Waals surface area contributed by atoms with Gasteiger partial charge in [-0.3, -0.25) is 0 Å². The van der Waals surface area contributed by atoms with Crippen LogP contribution in [0.3, 0.4) is 0 Å². The van der Waals surface area contributed by atoms with E-state index in [0.29, 0.717) is 0 Å². The van der Waals surface area contributed by atoms with Crippen molar-refractivity contribution in [2.75, 3.05) is 5.73 Å². The van der Waals surface area contributed by atoms with Crippen LogP contribution in [-0.2, 0) is 0 Å². The summed E-state index contributed by atoms with van der Waals surface area (Å²) in [4.78, 5) is 14.9. The van der Waals surface area contributed by atoms with Gasteiger partial charge in [0.25, 0.3) is 6.01 Å². The molecule has 88 valence electrons. The maximum absolute atomic E-state index is 11.0. The zero-order valence-electron chi connectivity index (χ0n) is 9.52. The molecule has 0 fully saturated rings. The standard InChI is InChI=1S/C12H12N2O3/c1-6-3-4-7(2)8(5-6)9-10(11(15)16)17-12(13)14-9/h3-5H,1-2H3,(H2,13,14)(H,15,16). The van der Waals surface area contributed by atoms with Crippen LogP contribution < -0.4 is 5.73 Å². The third kappa shape index (κ3) is 1.99. The molecule has 0 spiro atoms. The van der Waals surface area contributed by atoms with Gasteiger partial charge in [0.05, 0.1) is 0 Å². The zero-order valence-corrected chi connectivity index (χ0v) is 9.52. The third-order valence-electron chi connectivity index (χ3n) is 2.49. The number of hydrogen-bond donors (Lipinski definition) is 2. The Bertz CT molecular complexity index is 587. The Labute approximate surface area is 97.9 Å². The average molecular weight is 232 g/mol. The number of nitrogen functional groups attached to an aromatic ring is 1. The zero-order chi connectivity index (χ0) is 12.6. The van der Waals surface area contributed by atoms with Gasteiger partial charge in [-0.1, -0.05) is 17.7 Å². The molecule has 0 aliphatic carbocycles. The summed E-state index contributed by atoms with van der Waals surface area (Å²) in [6, 6.07) is 5.57. The molecule has 17 heavy (non-hydrogen) atoms. The van der Waals surface area contributed by atoms with E-state index in [1.54, 1.807) is 0 Å². The molecule has 0 atom stereocenters. The van der Waals surface area contributed by atoms with Crippen LogP contribution in [0.2, 0.25) is 0 Å². The predicted molar refractivity (Wildman–Crippen MR) is 62.8 cm³/mol. The summed E-state index contributed by atoms with van der Waals surface area (Å²) in [5.74, 6) is -1.40. The van der Waals surface area contributed by atoms with Crippen LogP contribution >= 0.6 is 0 Å². The molecule has 5 nitrogen and oxygen atoms in total. The number of anilines is 1. The van der Waals surface area contributed by atoms with Gasteiger partial charge >= 0.3 is 5.97 Å². The maximum atomic E-state index is 11.0. The van der Waals surface area contributed by atoms with Crippen molar-refractivity contribution in [1.82, 2.24) is 4.98 Å². The first-order chi connectivity index (χ1) is 7.99. The maximum Gasteiger partial charge on any atom is 0.374 e. The minimum Gasteiger partial charge on any atom is -0.475 e. The van der Waals surface area contributed by atoms with Crippen molar-refractivity contribution in [2.24, 2.45) is 0 Å². The Morgan fingerprint density at radius 2 is 2.12 bits per heavy atom. The van der Waals surface area contributed by atoms with Gasteiger partial charge in [-0.25, -0.2) is 4.79 Å². The molecular formula is C12H12N2O3. The van der Waals surface area contributed by atoms with E-state index < -0.39 is 5.97 Å². The van der Waals surface area contributed by atoms with Crippen molar-refractivity contribution in [3.8, 4) is 11.3 Å². The number of carbonyl (C=O) groups is 1.